The van der Waals surface area contributed by atoms with E-state index in [1.165, 1.54) is 6.07 Å². The Kier molecular flexibility index (Phi) is 3.11. The van der Waals surface area contributed by atoms with E-state index in [0.29, 0.717) is 10.8 Å². The first-order valence-corrected chi connectivity index (χ1v) is 5.87. The average Bonchev–Trinajstić information content (AvgIpc) is 2.85. The molecule has 2 heterocycles. The Labute approximate surface area is 106 Å². The lowest BCUT2D eigenvalue weighted by atomic mass is 10.3. The fourth-order valence-corrected chi connectivity index (χ4v) is 2.29. The van der Waals surface area contributed by atoms with Crippen LogP contribution in [0.25, 0.3) is 0 Å². The topological polar surface area (TPSA) is 101 Å². The number of amides is 1. The highest BCUT2D eigenvalue weighted by atomic mass is 32.1. The lowest BCUT2D eigenvalue weighted by molar-refractivity contribution is -0.385. The molecule has 1 amide bonds. The number of aryl methyl sites for hydroxylation is 2. The van der Waals surface area contributed by atoms with Crippen LogP contribution in [-0.2, 0) is 0 Å². The van der Waals surface area contributed by atoms with Crippen LogP contribution in [-0.4, -0.2) is 20.8 Å². The van der Waals surface area contributed by atoms with Crippen LogP contribution in [0.2, 0.25) is 0 Å². The summed E-state index contributed by atoms with van der Waals surface area (Å²) in [6, 6.07) is 1.27. The van der Waals surface area contributed by atoms with E-state index in [2.05, 4.69) is 15.3 Å². The number of anilines is 1. The van der Waals surface area contributed by atoms with Crippen molar-refractivity contribution in [2.45, 2.75) is 13.8 Å². The zero-order valence-corrected chi connectivity index (χ0v) is 10.5. The molecule has 2 N–H and O–H groups in total. The Bertz CT molecular complexity index is 616. The van der Waals surface area contributed by atoms with Gasteiger partial charge in [-0.25, -0.2) is 4.98 Å². The van der Waals surface area contributed by atoms with Crippen LogP contribution in [0.5, 0.6) is 0 Å². The van der Waals surface area contributed by atoms with Crippen LogP contribution >= 0.6 is 11.3 Å². The zero-order chi connectivity index (χ0) is 13.3. The van der Waals surface area contributed by atoms with Gasteiger partial charge in [-0.15, -0.1) is 11.3 Å². The maximum absolute atomic E-state index is 11.8. The second kappa shape index (κ2) is 4.57. The summed E-state index contributed by atoms with van der Waals surface area (Å²) in [5.74, 6) is -0.0863. The van der Waals surface area contributed by atoms with E-state index in [1.54, 1.807) is 13.1 Å². The Balaban J connectivity index is 2.19. The maximum Gasteiger partial charge on any atom is 0.283 e. The molecule has 18 heavy (non-hydrogen) atoms. The molecular formula is C10H10N4O3S. The number of aromatic amines is 1. The standard InChI is InChI=1S/C10H10N4O3S/c1-5-4-11-10(12-5)13-9(15)8-3-7(14(16)17)6(2)18-8/h3-4H,1-2H3,(H2,11,12,13,15). The van der Waals surface area contributed by atoms with Crippen molar-refractivity contribution in [1.29, 1.82) is 0 Å². The highest BCUT2D eigenvalue weighted by molar-refractivity contribution is 7.14. The first-order chi connectivity index (χ1) is 8.47. The summed E-state index contributed by atoms with van der Waals surface area (Å²) in [7, 11) is 0. The van der Waals surface area contributed by atoms with Crippen molar-refractivity contribution in [2.75, 3.05) is 5.32 Å². The summed E-state index contributed by atoms with van der Waals surface area (Å²) in [6.45, 7) is 3.42. The number of hydrogen-bond donors (Lipinski definition) is 2. The molecule has 0 saturated heterocycles. The van der Waals surface area contributed by atoms with Gasteiger partial charge in [0.05, 0.1) is 14.7 Å². The number of imidazole rings is 1. The second-order valence-corrected chi connectivity index (χ2v) is 4.93. The van der Waals surface area contributed by atoms with Gasteiger partial charge in [0, 0.05) is 18.0 Å². The van der Waals surface area contributed by atoms with E-state index in [1.807, 2.05) is 6.92 Å². The third-order valence-corrected chi connectivity index (χ3v) is 3.29. The highest BCUT2D eigenvalue weighted by Gasteiger charge is 2.19. The van der Waals surface area contributed by atoms with Gasteiger partial charge in [-0.2, -0.15) is 0 Å². The molecule has 0 radical (unpaired) electrons. The summed E-state index contributed by atoms with van der Waals surface area (Å²) in [6.07, 6.45) is 1.58. The number of rotatable bonds is 3. The van der Waals surface area contributed by atoms with E-state index >= 15 is 0 Å². The average molecular weight is 266 g/mol. The summed E-state index contributed by atoms with van der Waals surface area (Å²) in [5, 5.41) is 13.2. The van der Waals surface area contributed by atoms with Crippen LogP contribution in [0, 0.1) is 24.0 Å². The number of carbonyl (C=O) groups excluding carboxylic acids is 1. The van der Waals surface area contributed by atoms with Gasteiger partial charge in [0.2, 0.25) is 5.95 Å². The first-order valence-electron chi connectivity index (χ1n) is 5.05. The van der Waals surface area contributed by atoms with Gasteiger partial charge >= 0.3 is 0 Å². The number of thiophene rings is 1. The first kappa shape index (κ1) is 12.2. The highest BCUT2D eigenvalue weighted by Crippen LogP contribution is 2.28. The van der Waals surface area contributed by atoms with E-state index in [4.69, 9.17) is 0 Å². The number of aromatic nitrogens is 2. The van der Waals surface area contributed by atoms with Crippen molar-refractivity contribution < 1.29 is 9.72 Å². The largest absolute Gasteiger partial charge is 0.328 e. The fraction of sp³-hybridized carbons (Fsp3) is 0.200. The number of hydrogen-bond acceptors (Lipinski definition) is 5. The SMILES string of the molecule is Cc1cnc(NC(=O)c2cc([N+](=O)[O-])c(C)s2)[nH]1. The quantitative estimate of drug-likeness (QED) is 0.657. The molecule has 2 aromatic rings. The van der Waals surface area contributed by atoms with Gasteiger partial charge < -0.3 is 4.98 Å². The maximum atomic E-state index is 11.8. The van der Waals surface area contributed by atoms with Crippen LogP contribution in [0.1, 0.15) is 20.2 Å². The van der Waals surface area contributed by atoms with Crippen molar-refractivity contribution in [3.63, 3.8) is 0 Å². The van der Waals surface area contributed by atoms with Crippen LogP contribution in [0.15, 0.2) is 12.3 Å². The molecule has 7 nitrogen and oxygen atoms in total. The van der Waals surface area contributed by atoms with Gasteiger partial charge in [0.25, 0.3) is 11.6 Å². The van der Waals surface area contributed by atoms with Gasteiger partial charge in [-0.1, -0.05) is 0 Å². The number of nitro groups is 1. The predicted molar refractivity (Wildman–Crippen MR) is 67.0 cm³/mol. The number of nitrogens with zero attached hydrogens (tertiary/aromatic N) is 2. The molecule has 2 aromatic heterocycles. The molecule has 0 aliphatic rings. The van der Waals surface area contributed by atoms with Gasteiger partial charge in [0.1, 0.15) is 0 Å². The number of H-pyrrole nitrogens is 1. The number of carbonyl (C=O) groups is 1. The molecule has 8 heteroatoms. The fourth-order valence-electron chi connectivity index (χ4n) is 1.41. The third-order valence-electron chi connectivity index (χ3n) is 2.25. The monoisotopic (exact) mass is 266 g/mol. The van der Waals surface area contributed by atoms with E-state index < -0.39 is 10.8 Å². The Morgan fingerprint density at radius 1 is 1.56 bits per heavy atom. The Morgan fingerprint density at radius 2 is 2.28 bits per heavy atom. The second-order valence-electron chi connectivity index (χ2n) is 3.68. The predicted octanol–water partition coefficient (Wildman–Crippen LogP) is 2.25. The summed E-state index contributed by atoms with van der Waals surface area (Å²) in [4.78, 5) is 29.6. The molecule has 0 atom stereocenters. The molecule has 0 bridgehead atoms. The Morgan fingerprint density at radius 3 is 2.78 bits per heavy atom. The van der Waals surface area contributed by atoms with Crippen LogP contribution in [0.3, 0.4) is 0 Å². The molecule has 94 valence electrons. The normalized spacial score (nSPS) is 10.3. The van der Waals surface area contributed by atoms with Crippen molar-refractivity contribution in [3.05, 3.63) is 37.8 Å². The van der Waals surface area contributed by atoms with Crippen molar-refractivity contribution in [3.8, 4) is 0 Å². The minimum Gasteiger partial charge on any atom is -0.328 e. The summed E-state index contributed by atoms with van der Waals surface area (Å²) >= 11 is 1.08. The van der Waals surface area contributed by atoms with Crippen molar-refractivity contribution >= 4 is 28.9 Å². The lowest BCUT2D eigenvalue weighted by Gasteiger charge is -1.97. The smallest absolute Gasteiger partial charge is 0.283 e. The van der Waals surface area contributed by atoms with Crippen LogP contribution in [0.4, 0.5) is 11.6 Å². The molecule has 0 spiro atoms. The molecule has 0 unspecified atom stereocenters. The minimum absolute atomic E-state index is 0.0409. The van der Waals surface area contributed by atoms with E-state index in [0.717, 1.165) is 17.0 Å². The third kappa shape index (κ3) is 2.38. The molecule has 0 aromatic carbocycles. The number of nitrogens with one attached hydrogen (secondary N) is 2. The van der Waals surface area contributed by atoms with Crippen LogP contribution < -0.4 is 5.32 Å². The van der Waals surface area contributed by atoms with Crippen molar-refractivity contribution in [1.82, 2.24) is 9.97 Å². The molecular weight excluding hydrogens is 256 g/mol. The Hall–Kier alpha value is -2.22. The molecule has 0 aliphatic carbocycles. The zero-order valence-electron chi connectivity index (χ0n) is 9.68. The van der Waals surface area contributed by atoms with E-state index in [9.17, 15) is 14.9 Å². The molecule has 2 rings (SSSR count). The molecule has 0 aliphatic heterocycles. The lowest BCUT2D eigenvalue weighted by Crippen LogP contribution is -2.11. The van der Waals surface area contributed by atoms with Gasteiger partial charge in [0.15, 0.2) is 0 Å². The van der Waals surface area contributed by atoms with E-state index in [-0.39, 0.29) is 10.6 Å². The molecule has 0 fully saturated rings. The summed E-state index contributed by atoms with van der Waals surface area (Å²) < 4.78 is 0. The minimum atomic E-state index is -0.500. The summed E-state index contributed by atoms with van der Waals surface area (Å²) in [5.41, 5.74) is 0.777. The molecule has 0 saturated carbocycles. The van der Waals surface area contributed by atoms with Crippen molar-refractivity contribution in [2.24, 2.45) is 0 Å². The van der Waals surface area contributed by atoms with Gasteiger partial charge in [-0.05, 0) is 13.8 Å². The van der Waals surface area contributed by atoms with Gasteiger partial charge in [-0.3, -0.25) is 20.2 Å².